The number of carbonyl (C=O) groups excluding carboxylic acids is 6. The predicted molar refractivity (Wildman–Crippen MR) is 357 cm³/mol. The molecule has 566 valence electrons. The first-order chi connectivity index (χ1) is 49.1. The standard InChI is InChI=1S/C65H91N13O25/c1-28(31-9-5-4-6-10-31)42-58(95)71-34(20-30-13-17-33(18-14-30)99-62-54(92)51(89)55(39(26-81)101-62)103-63-53(91)50(88)48(86)40(102-63)27-98-19-7-8-29-11-15-32(16-12-29)77(2)3)57(94)75-43(45(83)35-21-69-64(66)73-35)60(97)76-44(59(96)72-36(24-79)56(93)68-23-41(82)74-42)46(84)37-22-70-65(67)78(37)61-52(90)49(87)47(85)38(25-80)100-61/h4-18,28,34-40,42-55,61-63,79-81,83-92H,19-27H2,1-3H3,(H2,67,70)(H,68,93)(H,71,95)(H,72,96)(H,74,82)(H,75,94)(H,76,97)(H3,66,69,73)/b8-7+/t28?,34-,35?,36+,37?,38-,39-,40-,42+,43+,44-,45?,46?,47-,48-,49+,50+,51-,52+,53+,54+,55-,61+,62+,63-/m1/s1. The van der Waals surface area contributed by atoms with Gasteiger partial charge in [-0.05, 0) is 41.0 Å². The van der Waals surface area contributed by atoms with Crippen molar-refractivity contribution in [1.82, 2.24) is 42.1 Å². The fraction of sp³-hybridized carbons (Fsp3) is 0.569. The lowest BCUT2D eigenvalue weighted by atomic mass is 9.92. The molecule has 0 aliphatic carbocycles. The third-order valence-corrected chi connectivity index (χ3v) is 18.6. The van der Waals surface area contributed by atoms with Crippen LogP contribution < -0.4 is 58.3 Å². The summed E-state index contributed by atoms with van der Waals surface area (Å²) in [6.45, 7) is -3.40. The topological polar surface area (TPSA) is 588 Å². The fourth-order valence-corrected chi connectivity index (χ4v) is 12.5. The van der Waals surface area contributed by atoms with Crippen molar-refractivity contribution in [3.8, 4) is 5.75 Å². The van der Waals surface area contributed by atoms with Gasteiger partial charge in [0.25, 0.3) is 0 Å². The molecule has 4 saturated heterocycles. The van der Waals surface area contributed by atoms with E-state index in [2.05, 4.69) is 47.2 Å². The Hall–Kier alpha value is -8.36. The van der Waals surface area contributed by atoms with E-state index < -0.39 is 233 Å². The maximum absolute atomic E-state index is 15.2. The number of guanidine groups is 2. The molecule has 0 aromatic heterocycles. The van der Waals surface area contributed by atoms with Crippen molar-refractivity contribution in [1.29, 1.82) is 0 Å². The summed E-state index contributed by atoms with van der Waals surface area (Å²) >= 11 is 0. The van der Waals surface area contributed by atoms with E-state index in [0.29, 0.717) is 5.56 Å². The van der Waals surface area contributed by atoms with Crippen LogP contribution in [0.1, 0.15) is 29.5 Å². The second-order valence-electron chi connectivity index (χ2n) is 25.8. The number of hydrogen-bond acceptors (Lipinski definition) is 32. The van der Waals surface area contributed by atoms with Gasteiger partial charge in [-0.25, -0.2) is 0 Å². The van der Waals surface area contributed by atoms with Gasteiger partial charge in [-0.1, -0.05) is 73.7 Å². The van der Waals surface area contributed by atoms with E-state index in [1.54, 1.807) is 43.3 Å². The first-order valence-electron chi connectivity index (χ1n) is 33.1. The molecule has 6 heterocycles. The molecule has 103 heavy (non-hydrogen) atoms. The number of carbonyl (C=O) groups is 6. The first kappa shape index (κ1) is 78.8. The number of nitrogens with one attached hydrogen (secondary N) is 7. The number of rotatable bonds is 22. The SMILES string of the molecule is CC(c1ccccc1)[C@@H]1NC(=O)CNC(=O)[C@H](CO)NC(=O)[C@@H](C(O)C2CN=C(N)N2[C@H]2O[C@H](CO)[C@@H](O)[C@H](O)[C@@H]2O)NC(=O)[C@H](C(O)C2CN=C(N)N2)NC(=O)[C@@H](Cc2ccc(O[C@H]3O[C@H](CO)[C@@H](O[C@H]4O[C@H](COC/C=C/c5ccc(N(C)C)cc5)[C@@H](O)[C@H](O)[C@@H]4O)[C@H](O)[C@@H]3O)cc2)NC1=O. The highest BCUT2D eigenvalue weighted by Crippen LogP contribution is 2.33. The van der Waals surface area contributed by atoms with Crippen molar-refractivity contribution in [2.45, 2.75) is 166 Å². The molecule has 5 unspecified atom stereocenters. The zero-order valence-corrected chi connectivity index (χ0v) is 56.1. The van der Waals surface area contributed by atoms with Crippen molar-refractivity contribution in [3.05, 3.63) is 102 Å². The average molecular weight is 1450 g/mol. The molecule has 6 aliphatic heterocycles. The van der Waals surface area contributed by atoms with Crippen LogP contribution in [-0.4, -0.2) is 332 Å². The highest BCUT2D eigenvalue weighted by atomic mass is 16.7. The number of aliphatic hydroxyl groups is 13. The average Bonchev–Trinajstić information content (AvgIpc) is 1.73. The smallest absolute Gasteiger partial charge is 0.246 e. The molecule has 38 heteroatoms. The van der Waals surface area contributed by atoms with Crippen LogP contribution in [0.3, 0.4) is 0 Å². The Balaban J connectivity index is 0.958. The zero-order chi connectivity index (χ0) is 74.7. The Labute approximate surface area is 589 Å². The minimum atomic E-state index is -2.35. The largest absolute Gasteiger partial charge is 0.462 e. The normalized spacial score (nSPS) is 34.6. The number of ether oxygens (including phenoxy) is 6. The number of aliphatic hydroxyl groups excluding tert-OH is 13. The Morgan fingerprint density at radius 3 is 1.87 bits per heavy atom. The molecular formula is C65H91N13O25. The molecule has 6 aliphatic rings. The summed E-state index contributed by atoms with van der Waals surface area (Å²) in [7, 11) is 3.83. The van der Waals surface area contributed by atoms with E-state index >= 15 is 9.59 Å². The zero-order valence-electron chi connectivity index (χ0n) is 56.1. The minimum absolute atomic E-state index is 0.0522. The summed E-state index contributed by atoms with van der Waals surface area (Å²) in [5.74, 6) is -8.99. The van der Waals surface area contributed by atoms with Crippen LogP contribution in [0, 0.1) is 0 Å². The number of benzene rings is 3. The van der Waals surface area contributed by atoms with Crippen LogP contribution in [0.2, 0.25) is 0 Å². The van der Waals surface area contributed by atoms with Gasteiger partial charge >= 0.3 is 0 Å². The van der Waals surface area contributed by atoms with Crippen molar-refractivity contribution in [2.75, 3.05) is 71.7 Å². The molecule has 25 atom stereocenters. The monoisotopic (exact) mass is 1450 g/mol. The summed E-state index contributed by atoms with van der Waals surface area (Å²) < 4.78 is 34.9. The van der Waals surface area contributed by atoms with Crippen LogP contribution in [0.15, 0.2) is 94.9 Å². The van der Waals surface area contributed by atoms with Gasteiger partial charge in [-0.2, -0.15) is 0 Å². The highest BCUT2D eigenvalue weighted by Gasteiger charge is 2.54. The highest BCUT2D eigenvalue weighted by molar-refractivity contribution is 5.98. The number of amides is 6. The number of anilines is 1. The lowest BCUT2D eigenvalue weighted by molar-refractivity contribution is -0.353. The van der Waals surface area contributed by atoms with Crippen molar-refractivity contribution in [3.63, 3.8) is 0 Å². The molecule has 24 N–H and O–H groups in total. The van der Waals surface area contributed by atoms with Crippen molar-refractivity contribution >= 4 is 59.1 Å². The molecule has 0 bridgehead atoms. The Kier molecular flexibility index (Phi) is 27.1. The van der Waals surface area contributed by atoms with Gasteiger partial charge in [-0.3, -0.25) is 38.8 Å². The molecule has 4 fully saturated rings. The fourth-order valence-electron chi connectivity index (χ4n) is 12.5. The summed E-state index contributed by atoms with van der Waals surface area (Å²) in [4.78, 5) is 98.5. The molecule has 3 aromatic rings. The summed E-state index contributed by atoms with van der Waals surface area (Å²) in [6.07, 6.45) is -27.9. The molecule has 0 saturated carbocycles. The second-order valence-corrected chi connectivity index (χ2v) is 25.8. The molecule has 0 radical (unpaired) electrons. The van der Waals surface area contributed by atoms with Crippen molar-refractivity contribution in [2.24, 2.45) is 21.5 Å². The summed E-state index contributed by atoms with van der Waals surface area (Å²) in [5, 5.41) is 161. The molecular weight excluding hydrogens is 1360 g/mol. The number of hydrogen-bond donors (Lipinski definition) is 22. The van der Waals surface area contributed by atoms with Crippen LogP contribution in [0.4, 0.5) is 5.69 Å². The quantitative estimate of drug-likeness (QED) is 0.0415. The molecule has 3 aromatic carbocycles. The summed E-state index contributed by atoms with van der Waals surface area (Å²) in [6, 6.07) is 8.57. The first-order valence-corrected chi connectivity index (χ1v) is 33.1. The molecule has 38 nitrogen and oxygen atoms in total. The lowest BCUT2D eigenvalue weighted by Crippen LogP contribution is -2.70. The van der Waals surface area contributed by atoms with Crippen molar-refractivity contribution < 1.29 is 124 Å². The Morgan fingerprint density at radius 1 is 0.612 bits per heavy atom. The van der Waals surface area contributed by atoms with Crippen LogP contribution in [-0.2, 0) is 58.9 Å². The number of aliphatic imine (C=N–C) groups is 2. The maximum Gasteiger partial charge on any atom is 0.246 e. The van der Waals surface area contributed by atoms with Crippen LogP contribution in [0.5, 0.6) is 5.75 Å². The van der Waals surface area contributed by atoms with E-state index in [4.69, 9.17) is 39.9 Å². The van der Waals surface area contributed by atoms with Gasteiger partial charge in [0.2, 0.25) is 41.7 Å². The van der Waals surface area contributed by atoms with Crippen LogP contribution >= 0.6 is 0 Å². The Morgan fingerprint density at radius 2 is 1.22 bits per heavy atom. The molecule has 6 amide bonds. The third-order valence-electron chi connectivity index (χ3n) is 18.6. The maximum atomic E-state index is 15.2. The molecule has 0 spiro atoms. The van der Waals surface area contributed by atoms with E-state index in [-0.39, 0.29) is 37.0 Å². The van der Waals surface area contributed by atoms with Gasteiger partial charge < -0.3 is 153 Å². The lowest BCUT2D eigenvalue weighted by Gasteiger charge is -2.46. The Bertz CT molecular complexity index is 3460. The number of nitrogens with zero attached hydrogens (tertiary/aromatic N) is 4. The van der Waals surface area contributed by atoms with E-state index in [1.165, 1.54) is 24.3 Å². The molecule has 9 rings (SSSR count). The summed E-state index contributed by atoms with van der Waals surface area (Å²) in [5.41, 5.74) is 14.8. The van der Waals surface area contributed by atoms with E-state index in [1.807, 2.05) is 49.3 Å². The second kappa shape index (κ2) is 35.4. The van der Waals surface area contributed by atoms with E-state index in [0.717, 1.165) is 16.2 Å². The predicted octanol–water partition coefficient (Wildman–Crippen LogP) is -10.8. The van der Waals surface area contributed by atoms with E-state index in [9.17, 15) is 85.6 Å². The van der Waals surface area contributed by atoms with Gasteiger partial charge in [0, 0.05) is 32.1 Å². The minimum Gasteiger partial charge on any atom is -0.462 e. The van der Waals surface area contributed by atoms with Gasteiger partial charge in [0.15, 0.2) is 24.4 Å². The number of nitrogens with two attached hydrogens (primary N) is 2. The van der Waals surface area contributed by atoms with Crippen LogP contribution in [0.25, 0.3) is 6.08 Å². The van der Waals surface area contributed by atoms with Gasteiger partial charge in [-0.15, -0.1) is 0 Å². The van der Waals surface area contributed by atoms with Gasteiger partial charge in [0.1, 0.15) is 121 Å². The third kappa shape index (κ3) is 18.8. The van der Waals surface area contributed by atoms with Gasteiger partial charge in [0.05, 0.1) is 64.8 Å².